The Labute approximate surface area is 106 Å². The zero-order chi connectivity index (χ0) is 13.2. The Morgan fingerprint density at radius 1 is 1.11 bits per heavy atom. The van der Waals surface area contributed by atoms with Gasteiger partial charge < -0.3 is 5.32 Å². The largest absolute Gasteiger partial charge is 0.308 e. The van der Waals surface area contributed by atoms with E-state index in [1.54, 1.807) is 18.3 Å². The second-order valence-electron chi connectivity index (χ2n) is 4.65. The number of rotatable bonds is 3. The van der Waals surface area contributed by atoms with E-state index in [4.69, 9.17) is 0 Å². The Balaban J connectivity index is 2.41. The van der Waals surface area contributed by atoms with Gasteiger partial charge in [0.15, 0.2) is 0 Å². The van der Waals surface area contributed by atoms with Crippen LogP contribution in [0.15, 0.2) is 36.5 Å². The molecule has 0 saturated carbocycles. The Hall–Kier alpha value is -1.81. The van der Waals surface area contributed by atoms with E-state index in [-0.39, 0.29) is 11.4 Å². The van der Waals surface area contributed by atoms with E-state index in [1.165, 1.54) is 12.1 Å². The molecular formula is C14H16FN3. The van der Waals surface area contributed by atoms with Gasteiger partial charge in [-0.3, -0.25) is 0 Å². The van der Waals surface area contributed by atoms with Gasteiger partial charge in [0.05, 0.1) is 11.2 Å². The summed E-state index contributed by atoms with van der Waals surface area (Å²) in [6.45, 7) is 4.02. The normalized spacial score (nSPS) is 11.6. The highest BCUT2D eigenvalue weighted by Crippen LogP contribution is 2.20. The lowest BCUT2D eigenvalue weighted by atomic mass is 10.0. The predicted octanol–water partition coefficient (Wildman–Crippen LogP) is 2.74. The highest BCUT2D eigenvalue weighted by molar-refractivity contribution is 5.58. The van der Waals surface area contributed by atoms with E-state index in [0.29, 0.717) is 5.82 Å². The van der Waals surface area contributed by atoms with Crippen LogP contribution in [-0.4, -0.2) is 17.0 Å². The third kappa shape index (κ3) is 2.54. The van der Waals surface area contributed by atoms with Gasteiger partial charge in [0.25, 0.3) is 0 Å². The molecule has 4 heteroatoms. The Morgan fingerprint density at radius 2 is 1.78 bits per heavy atom. The average Bonchev–Trinajstić information content (AvgIpc) is 2.40. The van der Waals surface area contributed by atoms with E-state index >= 15 is 0 Å². The molecular weight excluding hydrogens is 229 g/mol. The predicted molar refractivity (Wildman–Crippen MR) is 69.5 cm³/mol. The molecule has 18 heavy (non-hydrogen) atoms. The summed E-state index contributed by atoms with van der Waals surface area (Å²) >= 11 is 0. The maximum atomic E-state index is 12.9. The molecule has 0 unspecified atom stereocenters. The van der Waals surface area contributed by atoms with Gasteiger partial charge in [0.2, 0.25) is 0 Å². The Morgan fingerprint density at radius 3 is 2.39 bits per heavy atom. The van der Waals surface area contributed by atoms with Crippen LogP contribution in [0.25, 0.3) is 11.3 Å². The highest BCUT2D eigenvalue weighted by Gasteiger charge is 2.21. The van der Waals surface area contributed by atoms with Crippen LogP contribution in [0.4, 0.5) is 4.39 Å². The first-order valence-electron chi connectivity index (χ1n) is 5.81. The van der Waals surface area contributed by atoms with Crippen molar-refractivity contribution in [1.29, 1.82) is 0 Å². The summed E-state index contributed by atoms with van der Waals surface area (Å²) in [5, 5.41) is 3.16. The molecule has 0 aliphatic heterocycles. The highest BCUT2D eigenvalue weighted by atomic mass is 19.1. The lowest BCUT2D eigenvalue weighted by molar-refractivity contribution is 0.417. The fourth-order valence-corrected chi connectivity index (χ4v) is 1.55. The minimum atomic E-state index is -0.296. The van der Waals surface area contributed by atoms with Gasteiger partial charge in [0, 0.05) is 11.8 Å². The summed E-state index contributed by atoms with van der Waals surface area (Å²) in [4.78, 5) is 8.80. The molecule has 0 atom stereocenters. The molecule has 0 spiro atoms. The molecule has 1 heterocycles. The first-order valence-corrected chi connectivity index (χ1v) is 5.81. The molecule has 0 radical (unpaired) electrons. The van der Waals surface area contributed by atoms with E-state index in [2.05, 4.69) is 15.3 Å². The molecule has 3 nitrogen and oxygen atoms in total. The van der Waals surface area contributed by atoms with Crippen LogP contribution in [0.3, 0.4) is 0 Å². The minimum absolute atomic E-state index is 0.247. The number of hydrogen-bond acceptors (Lipinski definition) is 3. The molecule has 1 aromatic carbocycles. The fraction of sp³-hybridized carbons (Fsp3) is 0.286. The summed E-state index contributed by atoms with van der Waals surface area (Å²) in [6, 6.07) is 8.12. The molecule has 0 fully saturated rings. The smallest absolute Gasteiger partial charge is 0.148 e. The summed E-state index contributed by atoms with van der Waals surface area (Å²) < 4.78 is 12.9. The van der Waals surface area contributed by atoms with Crippen LogP contribution >= 0.6 is 0 Å². The van der Waals surface area contributed by atoms with Crippen molar-refractivity contribution in [3.63, 3.8) is 0 Å². The third-order valence-electron chi connectivity index (χ3n) is 2.98. The molecule has 2 aromatic rings. The fourth-order valence-electron chi connectivity index (χ4n) is 1.55. The second-order valence-corrected chi connectivity index (χ2v) is 4.65. The standard InChI is InChI=1S/C14H16FN3/c1-14(2,16-3)13-17-9-8-12(18-13)10-4-6-11(15)7-5-10/h4-9,16H,1-3H3. The van der Waals surface area contributed by atoms with Crippen molar-refractivity contribution in [2.45, 2.75) is 19.4 Å². The van der Waals surface area contributed by atoms with E-state index in [1.807, 2.05) is 27.0 Å². The first kappa shape index (κ1) is 12.6. The molecule has 0 bridgehead atoms. The first-order chi connectivity index (χ1) is 8.53. The molecule has 0 amide bonds. The molecule has 2 rings (SSSR count). The number of hydrogen-bond donors (Lipinski definition) is 1. The van der Waals surface area contributed by atoms with Crippen LogP contribution in [0.5, 0.6) is 0 Å². The van der Waals surface area contributed by atoms with Crippen LogP contribution in [0.2, 0.25) is 0 Å². The van der Waals surface area contributed by atoms with Gasteiger partial charge in [-0.2, -0.15) is 0 Å². The summed E-state index contributed by atoms with van der Waals surface area (Å²) in [5.41, 5.74) is 1.38. The molecule has 0 saturated heterocycles. The molecule has 0 aliphatic carbocycles. The summed E-state index contributed by atoms with van der Waals surface area (Å²) in [5.74, 6) is 0.468. The monoisotopic (exact) mass is 245 g/mol. The summed E-state index contributed by atoms with van der Waals surface area (Å²) in [6.07, 6.45) is 1.72. The molecule has 0 aliphatic rings. The quantitative estimate of drug-likeness (QED) is 0.903. The van der Waals surface area contributed by atoms with Crippen molar-refractivity contribution in [2.24, 2.45) is 0 Å². The van der Waals surface area contributed by atoms with E-state index in [0.717, 1.165) is 11.3 Å². The van der Waals surface area contributed by atoms with Crippen molar-refractivity contribution in [1.82, 2.24) is 15.3 Å². The van der Waals surface area contributed by atoms with Gasteiger partial charge in [-0.05, 0) is 51.2 Å². The molecule has 1 N–H and O–H groups in total. The maximum Gasteiger partial charge on any atom is 0.148 e. The lowest BCUT2D eigenvalue weighted by Gasteiger charge is -2.22. The third-order valence-corrected chi connectivity index (χ3v) is 2.98. The lowest BCUT2D eigenvalue weighted by Crippen LogP contribution is -2.35. The average molecular weight is 245 g/mol. The van der Waals surface area contributed by atoms with Crippen molar-refractivity contribution < 1.29 is 4.39 Å². The van der Waals surface area contributed by atoms with Crippen molar-refractivity contribution in [3.8, 4) is 11.3 Å². The Kier molecular flexibility index (Phi) is 3.39. The van der Waals surface area contributed by atoms with E-state index < -0.39 is 0 Å². The van der Waals surface area contributed by atoms with Gasteiger partial charge in [-0.25, -0.2) is 14.4 Å². The van der Waals surface area contributed by atoms with Crippen molar-refractivity contribution >= 4 is 0 Å². The number of benzene rings is 1. The van der Waals surface area contributed by atoms with Crippen LogP contribution in [0.1, 0.15) is 19.7 Å². The van der Waals surface area contributed by atoms with Gasteiger partial charge in [-0.15, -0.1) is 0 Å². The Bertz CT molecular complexity index is 535. The van der Waals surface area contributed by atoms with E-state index in [9.17, 15) is 4.39 Å². The van der Waals surface area contributed by atoms with Crippen LogP contribution < -0.4 is 5.32 Å². The maximum absolute atomic E-state index is 12.9. The molecule has 1 aromatic heterocycles. The van der Waals surface area contributed by atoms with Crippen molar-refractivity contribution in [3.05, 3.63) is 48.2 Å². The number of halogens is 1. The zero-order valence-corrected chi connectivity index (χ0v) is 10.7. The van der Waals surface area contributed by atoms with Crippen molar-refractivity contribution in [2.75, 3.05) is 7.05 Å². The number of aromatic nitrogens is 2. The molecule has 94 valence electrons. The topological polar surface area (TPSA) is 37.8 Å². The second kappa shape index (κ2) is 4.82. The zero-order valence-electron chi connectivity index (χ0n) is 10.7. The minimum Gasteiger partial charge on any atom is -0.308 e. The van der Waals surface area contributed by atoms with Gasteiger partial charge in [-0.1, -0.05) is 0 Å². The van der Waals surface area contributed by atoms with Gasteiger partial charge >= 0.3 is 0 Å². The van der Waals surface area contributed by atoms with Crippen LogP contribution in [-0.2, 0) is 5.54 Å². The van der Waals surface area contributed by atoms with Crippen LogP contribution in [0, 0.1) is 5.82 Å². The SMILES string of the molecule is CNC(C)(C)c1nccc(-c2ccc(F)cc2)n1. The summed E-state index contributed by atoms with van der Waals surface area (Å²) in [7, 11) is 1.87. The number of nitrogens with zero attached hydrogens (tertiary/aromatic N) is 2. The van der Waals surface area contributed by atoms with Gasteiger partial charge in [0.1, 0.15) is 11.6 Å². The number of nitrogens with one attached hydrogen (secondary N) is 1.